The summed E-state index contributed by atoms with van der Waals surface area (Å²) in [5.74, 6) is 0.738. The van der Waals surface area contributed by atoms with E-state index >= 15 is 0 Å². The molecule has 0 saturated carbocycles. The lowest BCUT2D eigenvalue weighted by molar-refractivity contribution is -0.167. The quantitative estimate of drug-likeness (QED) is 0.0354. The number of carbonyl (C=O) groups excluding carboxylic acids is 3. The van der Waals surface area contributed by atoms with Gasteiger partial charge in [0, 0.05) is 19.3 Å². The van der Waals surface area contributed by atoms with Crippen molar-refractivity contribution in [2.75, 3.05) is 13.2 Å². The van der Waals surface area contributed by atoms with Gasteiger partial charge in [-0.25, -0.2) is 0 Å². The molecule has 0 aliphatic rings. The van der Waals surface area contributed by atoms with Crippen LogP contribution in [0.1, 0.15) is 247 Å². The van der Waals surface area contributed by atoms with E-state index in [0.29, 0.717) is 19.3 Å². The van der Waals surface area contributed by atoms with Crippen LogP contribution < -0.4 is 0 Å². The monoisotopic (exact) mass is 737 g/mol. The molecule has 0 spiro atoms. The molecule has 0 unspecified atom stereocenters. The number of carbonyl (C=O) groups is 3. The topological polar surface area (TPSA) is 78.9 Å². The number of unbranched alkanes of at least 4 members (excludes halogenated alkanes) is 25. The third-order valence-corrected chi connectivity index (χ3v) is 10.2. The van der Waals surface area contributed by atoms with Gasteiger partial charge in [0.25, 0.3) is 0 Å². The summed E-state index contributed by atoms with van der Waals surface area (Å²) >= 11 is 0. The average molecular weight is 737 g/mol. The maximum Gasteiger partial charge on any atom is 0.306 e. The average Bonchev–Trinajstić information content (AvgIpc) is 3.11. The van der Waals surface area contributed by atoms with Crippen molar-refractivity contribution >= 4 is 17.9 Å². The second kappa shape index (κ2) is 39.1. The molecule has 0 N–H and O–H groups in total. The highest BCUT2D eigenvalue weighted by Gasteiger charge is 2.19. The number of esters is 3. The molecule has 0 saturated heterocycles. The highest BCUT2D eigenvalue weighted by atomic mass is 16.6. The molecule has 0 rings (SSSR count). The fraction of sp³-hybridized carbons (Fsp3) is 0.935. The summed E-state index contributed by atoms with van der Waals surface area (Å²) in [7, 11) is 0. The molecule has 0 aromatic carbocycles. The summed E-state index contributed by atoms with van der Waals surface area (Å²) in [6.07, 6.45) is 36.7. The zero-order valence-electron chi connectivity index (χ0n) is 35.4. The van der Waals surface area contributed by atoms with Crippen LogP contribution in [-0.2, 0) is 28.6 Å². The molecule has 0 aliphatic heterocycles. The molecular formula is C46H88O6. The zero-order valence-corrected chi connectivity index (χ0v) is 35.4. The van der Waals surface area contributed by atoms with E-state index in [1.165, 1.54) is 135 Å². The summed E-state index contributed by atoms with van der Waals surface area (Å²) < 4.78 is 16.7. The van der Waals surface area contributed by atoms with Crippen LogP contribution in [0.15, 0.2) is 0 Å². The fourth-order valence-electron chi connectivity index (χ4n) is 6.75. The minimum absolute atomic E-state index is 0.0657. The molecule has 52 heavy (non-hydrogen) atoms. The molecule has 0 radical (unpaired) electrons. The highest BCUT2D eigenvalue weighted by Crippen LogP contribution is 2.16. The molecule has 0 bridgehead atoms. The van der Waals surface area contributed by atoms with Gasteiger partial charge in [0.2, 0.25) is 0 Å². The number of hydrogen-bond donors (Lipinski definition) is 0. The van der Waals surface area contributed by atoms with Gasteiger partial charge in [-0.1, -0.05) is 208 Å². The Hall–Kier alpha value is -1.59. The molecule has 0 fully saturated rings. The zero-order chi connectivity index (χ0) is 38.3. The minimum Gasteiger partial charge on any atom is -0.462 e. The van der Waals surface area contributed by atoms with Crippen LogP contribution in [0.3, 0.4) is 0 Å². The Morgan fingerprint density at radius 1 is 0.365 bits per heavy atom. The Morgan fingerprint density at radius 2 is 0.635 bits per heavy atom. The highest BCUT2D eigenvalue weighted by molar-refractivity contribution is 5.71. The van der Waals surface area contributed by atoms with Gasteiger partial charge >= 0.3 is 17.9 Å². The van der Waals surface area contributed by atoms with Crippen LogP contribution in [0.4, 0.5) is 0 Å². The lowest BCUT2D eigenvalue weighted by Gasteiger charge is -2.18. The van der Waals surface area contributed by atoms with Gasteiger partial charge in [0.15, 0.2) is 6.10 Å². The largest absolute Gasteiger partial charge is 0.462 e. The van der Waals surface area contributed by atoms with Gasteiger partial charge in [-0.15, -0.1) is 0 Å². The third-order valence-electron chi connectivity index (χ3n) is 10.2. The number of rotatable bonds is 40. The van der Waals surface area contributed by atoms with E-state index in [2.05, 4.69) is 34.6 Å². The molecule has 0 aromatic heterocycles. The van der Waals surface area contributed by atoms with Gasteiger partial charge in [-0.05, 0) is 31.1 Å². The lowest BCUT2D eigenvalue weighted by Crippen LogP contribution is -2.30. The molecule has 308 valence electrons. The maximum absolute atomic E-state index is 12.7. The van der Waals surface area contributed by atoms with Gasteiger partial charge in [-0.2, -0.15) is 0 Å². The number of hydrogen-bond acceptors (Lipinski definition) is 6. The van der Waals surface area contributed by atoms with E-state index in [1.807, 2.05) is 0 Å². The first-order valence-corrected chi connectivity index (χ1v) is 22.7. The van der Waals surface area contributed by atoms with Crippen LogP contribution in [0.25, 0.3) is 0 Å². The van der Waals surface area contributed by atoms with Crippen molar-refractivity contribution in [1.29, 1.82) is 0 Å². The molecule has 0 aromatic rings. The summed E-state index contributed by atoms with van der Waals surface area (Å²) in [4.78, 5) is 37.6. The molecule has 0 amide bonds. The molecular weight excluding hydrogens is 649 g/mol. The van der Waals surface area contributed by atoms with E-state index in [0.717, 1.165) is 69.6 Å². The van der Waals surface area contributed by atoms with Gasteiger partial charge in [0.05, 0.1) is 0 Å². The van der Waals surface area contributed by atoms with E-state index < -0.39 is 6.10 Å². The second-order valence-electron chi connectivity index (χ2n) is 16.6. The number of ether oxygens (including phenoxy) is 3. The third kappa shape index (κ3) is 39.6. The summed E-state index contributed by atoms with van der Waals surface area (Å²) in [5, 5.41) is 0. The standard InChI is InChI=1S/C46H88O6/c1-6-7-8-9-10-16-20-26-31-36-44(47)50-39-43(40-51-45(48)37-32-27-23-22-25-30-35-42(4)5)52-46(49)38-33-28-21-18-15-13-11-12-14-17-19-24-29-34-41(2)3/h41-43H,6-40H2,1-5H3/t43-/m1/s1. The molecule has 0 heterocycles. The van der Waals surface area contributed by atoms with Crippen molar-refractivity contribution in [1.82, 2.24) is 0 Å². The van der Waals surface area contributed by atoms with Crippen LogP contribution in [0, 0.1) is 11.8 Å². The Balaban J connectivity index is 4.28. The molecule has 6 nitrogen and oxygen atoms in total. The smallest absolute Gasteiger partial charge is 0.306 e. The Bertz CT molecular complexity index is 794. The predicted molar refractivity (Wildman–Crippen MR) is 220 cm³/mol. The van der Waals surface area contributed by atoms with E-state index in [-0.39, 0.29) is 31.1 Å². The predicted octanol–water partition coefficient (Wildman–Crippen LogP) is 14.2. The van der Waals surface area contributed by atoms with Crippen LogP contribution in [-0.4, -0.2) is 37.2 Å². The van der Waals surface area contributed by atoms with Crippen LogP contribution in [0.5, 0.6) is 0 Å². The maximum atomic E-state index is 12.7. The first-order valence-electron chi connectivity index (χ1n) is 22.7. The summed E-state index contributed by atoms with van der Waals surface area (Å²) in [5.41, 5.74) is 0. The van der Waals surface area contributed by atoms with Crippen molar-refractivity contribution in [2.24, 2.45) is 11.8 Å². The van der Waals surface area contributed by atoms with Crippen molar-refractivity contribution in [3.05, 3.63) is 0 Å². The Kier molecular flexibility index (Phi) is 37.9. The van der Waals surface area contributed by atoms with Crippen molar-refractivity contribution in [3.63, 3.8) is 0 Å². The van der Waals surface area contributed by atoms with Crippen molar-refractivity contribution in [2.45, 2.75) is 253 Å². The van der Waals surface area contributed by atoms with E-state index in [9.17, 15) is 14.4 Å². The molecule has 0 aliphatic carbocycles. The lowest BCUT2D eigenvalue weighted by atomic mass is 10.0. The summed E-state index contributed by atoms with van der Waals surface area (Å²) in [6, 6.07) is 0. The van der Waals surface area contributed by atoms with Gasteiger partial charge < -0.3 is 14.2 Å². The van der Waals surface area contributed by atoms with Crippen LogP contribution in [0.2, 0.25) is 0 Å². The first-order chi connectivity index (χ1) is 25.2. The second-order valence-corrected chi connectivity index (χ2v) is 16.6. The van der Waals surface area contributed by atoms with Crippen molar-refractivity contribution in [3.8, 4) is 0 Å². The van der Waals surface area contributed by atoms with E-state index in [1.54, 1.807) is 0 Å². The Labute approximate surface area is 323 Å². The van der Waals surface area contributed by atoms with Crippen molar-refractivity contribution < 1.29 is 28.6 Å². The normalized spacial score (nSPS) is 12.1. The molecule has 6 heteroatoms. The van der Waals surface area contributed by atoms with Gasteiger partial charge in [0.1, 0.15) is 13.2 Å². The fourth-order valence-corrected chi connectivity index (χ4v) is 6.75. The SMILES string of the molecule is CCCCCCCCCCCC(=O)OC[C@H](COC(=O)CCCCCCCCC(C)C)OC(=O)CCCCCCCCCCCCCCCC(C)C. The minimum atomic E-state index is -0.760. The Morgan fingerprint density at radius 3 is 0.942 bits per heavy atom. The molecule has 1 atom stereocenters. The first kappa shape index (κ1) is 50.4. The van der Waals surface area contributed by atoms with Crippen LogP contribution >= 0.6 is 0 Å². The van der Waals surface area contributed by atoms with E-state index in [4.69, 9.17) is 14.2 Å². The summed E-state index contributed by atoms with van der Waals surface area (Å²) in [6.45, 7) is 11.3. The van der Waals surface area contributed by atoms with Gasteiger partial charge in [-0.3, -0.25) is 14.4 Å².